The predicted molar refractivity (Wildman–Crippen MR) is 132 cm³/mol. The monoisotopic (exact) mass is 461 g/mol. The molecule has 8 nitrogen and oxygen atoms in total. The summed E-state index contributed by atoms with van der Waals surface area (Å²) in [6, 6.07) is 17.8. The molecule has 1 atom stereocenters. The number of benzene rings is 2. The molecule has 34 heavy (non-hydrogen) atoms. The lowest BCUT2D eigenvalue weighted by molar-refractivity contribution is -0.121. The Balaban J connectivity index is 1.53. The molecule has 0 saturated heterocycles. The number of amides is 1. The molecule has 2 heterocycles. The molecular formula is C26H31N5O3. The van der Waals surface area contributed by atoms with Gasteiger partial charge in [-0.25, -0.2) is 4.98 Å². The summed E-state index contributed by atoms with van der Waals surface area (Å²) in [5, 5.41) is 9.69. The van der Waals surface area contributed by atoms with E-state index in [2.05, 4.69) is 33.1 Å². The fraction of sp³-hybridized carbons (Fsp3) is 0.346. The molecule has 0 aliphatic carbocycles. The number of ether oxygens (including phenoxy) is 1. The van der Waals surface area contributed by atoms with Gasteiger partial charge in [0.15, 0.2) is 5.82 Å². The van der Waals surface area contributed by atoms with E-state index in [9.17, 15) is 9.59 Å². The highest BCUT2D eigenvalue weighted by Crippen LogP contribution is 2.18. The number of nitrogens with one attached hydrogen (secondary N) is 3. The van der Waals surface area contributed by atoms with Crippen molar-refractivity contribution in [1.29, 1.82) is 0 Å². The Morgan fingerprint density at radius 1 is 1.03 bits per heavy atom. The van der Waals surface area contributed by atoms with Gasteiger partial charge >= 0.3 is 0 Å². The maximum atomic E-state index is 13.0. The van der Waals surface area contributed by atoms with Gasteiger partial charge in [0.2, 0.25) is 5.91 Å². The number of fused-ring (bicyclic) bond motifs is 3. The summed E-state index contributed by atoms with van der Waals surface area (Å²) in [6.07, 6.45) is 5.70. The van der Waals surface area contributed by atoms with Gasteiger partial charge in [-0.3, -0.25) is 9.59 Å². The summed E-state index contributed by atoms with van der Waals surface area (Å²) in [6.45, 7) is 2.39. The molecule has 3 aromatic rings. The molecule has 0 fully saturated rings. The molecular weight excluding hydrogens is 430 g/mol. The molecule has 2 bridgehead atoms. The minimum absolute atomic E-state index is 0.0331. The molecule has 4 rings (SSSR count). The van der Waals surface area contributed by atoms with Gasteiger partial charge in [-0.1, -0.05) is 48.5 Å². The number of carbonyl (C=O) groups is 1. The van der Waals surface area contributed by atoms with E-state index in [1.807, 2.05) is 42.5 Å². The molecule has 1 aliphatic heterocycles. The van der Waals surface area contributed by atoms with Crippen molar-refractivity contribution in [3.05, 3.63) is 88.5 Å². The first-order valence-corrected chi connectivity index (χ1v) is 11.7. The summed E-state index contributed by atoms with van der Waals surface area (Å²) in [5.41, 5.74) is 1.76. The molecule has 178 valence electrons. The Hall–Kier alpha value is -3.65. The van der Waals surface area contributed by atoms with Crippen molar-refractivity contribution in [1.82, 2.24) is 20.2 Å². The molecule has 1 amide bonds. The minimum Gasteiger partial charge on any atom is -0.493 e. The summed E-state index contributed by atoms with van der Waals surface area (Å²) in [5.74, 6) is 0.767. The third-order valence-corrected chi connectivity index (χ3v) is 5.74. The largest absolute Gasteiger partial charge is 0.493 e. The molecule has 8 heteroatoms. The van der Waals surface area contributed by atoms with Crippen molar-refractivity contribution in [3.63, 3.8) is 0 Å². The van der Waals surface area contributed by atoms with Crippen LogP contribution in [-0.2, 0) is 24.3 Å². The van der Waals surface area contributed by atoms with Crippen LogP contribution in [0.5, 0.6) is 5.75 Å². The molecule has 1 aromatic heterocycles. The number of nitrogens with zero attached hydrogens (tertiary/aromatic N) is 2. The lowest BCUT2D eigenvalue weighted by atomic mass is 10.1. The van der Waals surface area contributed by atoms with Crippen LogP contribution in [0.4, 0.5) is 5.82 Å². The molecule has 0 radical (unpaired) electrons. The van der Waals surface area contributed by atoms with Crippen LogP contribution in [0.3, 0.4) is 0 Å². The molecule has 0 saturated carbocycles. The van der Waals surface area contributed by atoms with E-state index in [0.717, 1.165) is 37.1 Å². The third kappa shape index (κ3) is 6.68. The summed E-state index contributed by atoms with van der Waals surface area (Å²) < 4.78 is 7.35. The second-order valence-corrected chi connectivity index (χ2v) is 8.38. The molecule has 0 spiro atoms. The molecule has 2 aromatic carbocycles. The first-order chi connectivity index (χ1) is 16.7. The van der Waals surface area contributed by atoms with E-state index in [-0.39, 0.29) is 29.9 Å². The van der Waals surface area contributed by atoms with Gasteiger partial charge in [0, 0.05) is 37.1 Å². The van der Waals surface area contributed by atoms with E-state index in [1.165, 1.54) is 16.3 Å². The van der Waals surface area contributed by atoms with Crippen LogP contribution in [0.2, 0.25) is 0 Å². The van der Waals surface area contributed by atoms with Crippen molar-refractivity contribution >= 4 is 11.7 Å². The number of rotatable bonds is 2. The summed E-state index contributed by atoms with van der Waals surface area (Å²) in [7, 11) is 0. The number of aromatic nitrogens is 2. The third-order valence-electron chi connectivity index (χ3n) is 5.74. The van der Waals surface area contributed by atoms with Crippen molar-refractivity contribution < 1.29 is 9.53 Å². The number of hydrogen-bond donors (Lipinski definition) is 3. The maximum Gasteiger partial charge on any atom is 0.293 e. The minimum atomic E-state index is -0.319. The normalized spacial score (nSPS) is 17.8. The predicted octanol–water partition coefficient (Wildman–Crippen LogP) is 2.35. The standard InChI is InChI=1S/C26H31N5O3/c32-24-19-31-14-13-28-25(26(31)33)30-22(16-20-8-2-1-3-9-20)18-27-12-6-7-15-34-23-11-5-4-10-21(23)17-29-24/h1-5,8-11,13-14,22,27H,6-7,12,15-19H2,(H,28,30)(H,29,32)/t22-/m0/s1. The first kappa shape index (κ1) is 23.5. The number of anilines is 1. The quantitative estimate of drug-likeness (QED) is 0.542. The SMILES string of the molecule is O=C1Cn2ccnc(c2=O)N[C@@H](Cc2ccccc2)CNCCCCOc2ccccc2CN1. The van der Waals surface area contributed by atoms with Crippen LogP contribution >= 0.6 is 0 Å². The zero-order valence-corrected chi connectivity index (χ0v) is 19.2. The second-order valence-electron chi connectivity index (χ2n) is 8.38. The lowest BCUT2D eigenvalue weighted by Crippen LogP contribution is -2.39. The van der Waals surface area contributed by atoms with Crippen LogP contribution in [0.1, 0.15) is 24.0 Å². The number of para-hydroxylation sites is 1. The van der Waals surface area contributed by atoms with Crippen molar-refractivity contribution in [2.24, 2.45) is 0 Å². The average molecular weight is 462 g/mol. The fourth-order valence-electron chi connectivity index (χ4n) is 3.94. The second kappa shape index (κ2) is 12.0. The van der Waals surface area contributed by atoms with Crippen LogP contribution in [0.15, 0.2) is 71.8 Å². The van der Waals surface area contributed by atoms with Gasteiger partial charge in [-0.05, 0) is 37.4 Å². The van der Waals surface area contributed by atoms with Gasteiger partial charge in [-0.2, -0.15) is 0 Å². The zero-order valence-electron chi connectivity index (χ0n) is 19.2. The van der Waals surface area contributed by atoms with E-state index < -0.39 is 0 Å². The van der Waals surface area contributed by atoms with Gasteiger partial charge in [0.1, 0.15) is 12.3 Å². The van der Waals surface area contributed by atoms with E-state index >= 15 is 0 Å². The topological polar surface area (TPSA) is 97.3 Å². The highest BCUT2D eigenvalue weighted by atomic mass is 16.5. The Morgan fingerprint density at radius 2 is 1.85 bits per heavy atom. The van der Waals surface area contributed by atoms with Crippen LogP contribution in [0.25, 0.3) is 0 Å². The van der Waals surface area contributed by atoms with Crippen LogP contribution in [0, 0.1) is 0 Å². The Kier molecular flexibility index (Phi) is 8.29. The zero-order chi connectivity index (χ0) is 23.6. The Labute approximate surface area is 199 Å². The van der Waals surface area contributed by atoms with Crippen molar-refractivity contribution in [3.8, 4) is 5.75 Å². The van der Waals surface area contributed by atoms with Gasteiger partial charge in [0.25, 0.3) is 5.56 Å². The van der Waals surface area contributed by atoms with Crippen LogP contribution < -0.4 is 26.2 Å². The van der Waals surface area contributed by atoms with E-state index in [4.69, 9.17) is 4.74 Å². The van der Waals surface area contributed by atoms with Crippen LogP contribution in [-0.4, -0.2) is 41.2 Å². The van der Waals surface area contributed by atoms with Crippen molar-refractivity contribution in [2.45, 2.75) is 38.4 Å². The molecule has 1 aliphatic rings. The lowest BCUT2D eigenvalue weighted by Gasteiger charge is -2.20. The van der Waals surface area contributed by atoms with Gasteiger partial charge in [-0.15, -0.1) is 0 Å². The van der Waals surface area contributed by atoms with Gasteiger partial charge < -0.3 is 25.3 Å². The van der Waals surface area contributed by atoms with E-state index in [0.29, 0.717) is 19.7 Å². The summed E-state index contributed by atoms with van der Waals surface area (Å²) >= 11 is 0. The maximum absolute atomic E-state index is 13.0. The number of hydrogen-bond acceptors (Lipinski definition) is 6. The first-order valence-electron chi connectivity index (χ1n) is 11.7. The summed E-state index contributed by atoms with van der Waals surface area (Å²) in [4.78, 5) is 29.9. The Bertz CT molecular complexity index is 1130. The average Bonchev–Trinajstić information content (AvgIpc) is 2.85. The Morgan fingerprint density at radius 3 is 2.74 bits per heavy atom. The highest BCUT2D eigenvalue weighted by molar-refractivity contribution is 5.75. The molecule has 0 unspecified atom stereocenters. The molecule has 3 N–H and O–H groups in total. The van der Waals surface area contributed by atoms with E-state index in [1.54, 1.807) is 6.20 Å². The highest BCUT2D eigenvalue weighted by Gasteiger charge is 2.15. The van der Waals surface area contributed by atoms with Crippen molar-refractivity contribution in [2.75, 3.05) is 25.0 Å². The smallest absolute Gasteiger partial charge is 0.293 e. The van der Waals surface area contributed by atoms with Gasteiger partial charge in [0.05, 0.1) is 6.61 Å². The fourth-order valence-corrected chi connectivity index (χ4v) is 3.94. The number of carbonyl (C=O) groups excluding carboxylic acids is 1.